The minimum atomic E-state index is 0.715. The normalized spacial score (nSPS) is 16.3. The highest BCUT2D eigenvalue weighted by molar-refractivity contribution is 7.80. The highest BCUT2D eigenvalue weighted by atomic mass is 32.1. The molecule has 0 unspecified atom stereocenters. The van der Waals surface area contributed by atoms with Gasteiger partial charge >= 0.3 is 0 Å². The lowest BCUT2D eigenvalue weighted by Gasteiger charge is -2.28. The van der Waals surface area contributed by atoms with Crippen molar-refractivity contribution in [3.63, 3.8) is 0 Å². The van der Waals surface area contributed by atoms with E-state index in [1.54, 1.807) is 0 Å². The summed E-state index contributed by atoms with van der Waals surface area (Å²) in [5.74, 6) is 0. The maximum absolute atomic E-state index is 5.36. The largest absolute Gasteiger partial charge is 0.348 e. The highest BCUT2D eigenvalue weighted by Crippen LogP contribution is 2.08. The average molecular weight is 276 g/mol. The van der Waals surface area contributed by atoms with Gasteiger partial charge in [0.25, 0.3) is 0 Å². The van der Waals surface area contributed by atoms with Crippen LogP contribution in [0, 0.1) is 6.92 Å². The zero-order valence-electron chi connectivity index (χ0n) is 11.5. The zero-order chi connectivity index (χ0) is 13.7. The summed E-state index contributed by atoms with van der Waals surface area (Å²) in [6.07, 6.45) is 3.72. The van der Waals surface area contributed by atoms with Gasteiger partial charge < -0.3 is 4.90 Å². The van der Waals surface area contributed by atoms with Gasteiger partial charge in [-0.1, -0.05) is 6.07 Å². The van der Waals surface area contributed by atoms with E-state index in [4.69, 9.17) is 12.2 Å². The van der Waals surface area contributed by atoms with Crippen LogP contribution in [-0.4, -0.2) is 33.8 Å². The molecule has 2 heterocycles. The third-order valence-corrected chi connectivity index (χ3v) is 3.57. The third kappa shape index (κ3) is 3.99. The Morgan fingerprint density at radius 1 is 1.32 bits per heavy atom. The summed E-state index contributed by atoms with van der Waals surface area (Å²) >= 11 is 5.36. The number of likely N-dealkylation sites (tertiary alicyclic amines) is 1. The molecule has 1 aliphatic heterocycles. The number of hydrogen-bond acceptors (Lipinski definition) is 3. The fourth-order valence-corrected chi connectivity index (χ4v) is 2.33. The molecule has 1 saturated heterocycles. The predicted octanol–water partition coefficient (Wildman–Crippen LogP) is 2.47. The highest BCUT2D eigenvalue weighted by Gasteiger charge is 2.12. The summed E-state index contributed by atoms with van der Waals surface area (Å²) in [6.45, 7) is 5.97. The van der Waals surface area contributed by atoms with Gasteiger partial charge in [0.15, 0.2) is 5.11 Å². The molecule has 1 aliphatic rings. The smallest absolute Gasteiger partial charge is 0.189 e. The molecular weight excluding hydrogens is 256 g/mol. The number of rotatable bonds is 2. The number of nitrogens with zero attached hydrogens (tertiary/aromatic N) is 3. The number of hydrazone groups is 1. The van der Waals surface area contributed by atoms with E-state index in [1.165, 1.54) is 19.3 Å². The van der Waals surface area contributed by atoms with Gasteiger partial charge in [0, 0.05) is 18.8 Å². The van der Waals surface area contributed by atoms with Crippen LogP contribution in [-0.2, 0) is 0 Å². The first-order valence-electron chi connectivity index (χ1n) is 6.70. The molecule has 0 amide bonds. The molecule has 1 fully saturated rings. The molecule has 0 aromatic carbocycles. The summed E-state index contributed by atoms with van der Waals surface area (Å²) in [5, 5.41) is 5.05. The number of pyridine rings is 1. The van der Waals surface area contributed by atoms with Gasteiger partial charge in [-0.25, -0.2) is 0 Å². The van der Waals surface area contributed by atoms with Gasteiger partial charge in [0.2, 0.25) is 0 Å². The molecule has 0 atom stereocenters. The summed E-state index contributed by atoms with van der Waals surface area (Å²) in [6, 6.07) is 5.92. The number of piperidine rings is 1. The Balaban J connectivity index is 1.95. The number of aromatic nitrogens is 1. The lowest BCUT2D eigenvalue weighted by molar-refractivity contribution is 0.338. The minimum Gasteiger partial charge on any atom is -0.348 e. The Hall–Kier alpha value is -1.49. The van der Waals surface area contributed by atoms with Gasteiger partial charge in [-0.15, -0.1) is 0 Å². The van der Waals surface area contributed by atoms with Crippen LogP contribution in [0.15, 0.2) is 23.3 Å². The van der Waals surface area contributed by atoms with Gasteiger partial charge in [0.05, 0.1) is 11.4 Å². The molecule has 1 aromatic rings. The molecule has 5 heteroatoms. The molecule has 0 aliphatic carbocycles. The number of thiocarbonyl (C=S) groups is 1. The summed E-state index contributed by atoms with van der Waals surface area (Å²) in [7, 11) is 0. The van der Waals surface area contributed by atoms with Gasteiger partial charge in [-0.3, -0.25) is 10.4 Å². The molecule has 1 aromatic heterocycles. The van der Waals surface area contributed by atoms with E-state index in [0.717, 1.165) is 30.2 Å². The number of hydrogen-bond donors (Lipinski definition) is 1. The third-order valence-electron chi connectivity index (χ3n) is 3.22. The maximum atomic E-state index is 5.36. The maximum Gasteiger partial charge on any atom is 0.189 e. The van der Waals surface area contributed by atoms with E-state index < -0.39 is 0 Å². The van der Waals surface area contributed by atoms with Gasteiger partial charge in [-0.05, 0) is 57.5 Å². The fourth-order valence-electron chi connectivity index (χ4n) is 2.10. The molecular formula is C14H20N4S. The van der Waals surface area contributed by atoms with Crippen LogP contribution < -0.4 is 5.43 Å². The van der Waals surface area contributed by atoms with Crippen molar-refractivity contribution in [2.24, 2.45) is 5.10 Å². The van der Waals surface area contributed by atoms with Gasteiger partial charge in [-0.2, -0.15) is 5.10 Å². The predicted molar refractivity (Wildman–Crippen MR) is 82.3 cm³/mol. The van der Waals surface area contributed by atoms with Crippen LogP contribution in [0.4, 0.5) is 0 Å². The molecule has 2 rings (SSSR count). The van der Waals surface area contributed by atoms with Gasteiger partial charge in [0.1, 0.15) is 0 Å². The molecule has 0 radical (unpaired) electrons. The Labute approximate surface area is 119 Å². The molecule has 1 N–H and O–H groups in total. The quantitative estimate of drug-likeness (QED) is 0.512. The summed E-state index contributed by atoms with van der Waals surface area (Å²) in [5.41, 5.74) is 5.70. The second-order valence-electron chi connectivity index (χ2n) is 4.83. The van der Waals surface area contributed by atoms with E-state index in [9.17, 15) is 0 Å². The molecule has 19 heavy (non-hydrogen) atoms. The number of nitrogens with one attached hydrogen (secondary N) is 1. The van der Waals surface area contributed by atoms with E-state index >= 15 is 0 Å². The molecule has 102 valence electrons. The summed E-state index contributed by atoms with van der Waals surface area (Å²) in [4.78, 5) is 6.62. The standard InChI is InChI=1S/C14H20N4S/c1-11-7-6-8-13(15-11)12(2)16-17-14(19)18-9-4-3-5-10-18/h6-8H,3-5,9-10H2,1-2H3,(H,17,19). The molecule has 0 bridgehead atoms. The van der Waals surface area contributed by atoms with E-state index in [0.29, 0.717) is 5.11 Å². The average Bonchev–Trinajstić information content (AvgIpc) is 2.45. The van der Waals surface area contributed by atoms with Crippen molar-refractivity contribution in [1.82, 2.24) is 15.3 Å². The lowest BCUT2D eigenvalue weighted by atomic mass is 10.1. The van der Waals surface area contributed by atoms with Crippen LogP contribution in [0.3, 0.4) is 0 Å². The first-order valence-corrected chi connectivity index (χ1v) is 7.11. The SMILES string of the molecule is CC(=NNC(=S)N1CCCCC1)c1cccc(C)n1. The van der Waals surface area contributed by atoms with Crippen molar-refractivity contribution in [3.05, 3.63) is 29.6 Å². The summed E-state index contributed by atoms with van der Waals surface area (Å²) < 4.78 is 0. The van der Waals surface area contributed by atoms with Crippen molar-refractivity contribution in [1.29, 1.82) is 0 Å². The van der Waals surface area contributed by atoms with E-state index in [2.05, 4.69) is 20.4 Å². The molecule has 0 spiro atoms. The second-order valence-corrected chi connectivity index (χ2v) is 5.21. The first kappa shape index (κ1) is 13.9. The molecule has 4 nitrogen and oxygen atoms in total. The van der Waals surface area contributed by atoms with Crippen LogP contribution >= 0.6 is 12.2 Å². The van der Waals surface area contributed by atoms with Crippen molar-refractivity contribution in [3.8, 4) is 0 Å². The molecule has 0 saturated carbocycles. The van der Waals surface area contributed by atoms with E-state index in [1.807, 2.05) is 32.0 Å². The topological polar surface area (TPSA) is 40.5 Å². The lowest BCUT2D eigenvalue weighted by Crippen LogP contribution is -2.41. The minimum absolute atomic E-state index is 0.715. The van der Waals surface area contributed by atoms with Crippen molar-refractivity contribution in [2.75, 3.05) is 13.1 Å². The zero-order valence-corrected chi connectivity index (χ0v) is 12.3. The Morgan fingerprint density at radius 2 is 2.05 bits per heavy atom. The fraction of sp³-hybridized carbons (Fsp3) is 0.500. The van der Waals surface area contributed by atoms with Crippen LogP contribution in [0.2, 0.25) is 0 Å². The Kier molecular flexibility index (Phi) is 4.85. The van der Waals surface area contributed by atoms with E-state index in [-0.39, 0.29) is 0 Å². The monoisotopic (exact) mass is 276 g/mol. The van der Waals surface area contributed by atoms with Crippen molar-refractivity contribution >= 4 is 23.0 Å². The Bertz CT molecular complexity index is 478. The van der Waals surface area contributed by atoms with Crippen molar-refractivity contribution < 1.29 is 0 Å². The van der Waals surface area contributed by atoms with Crippen LogP contribution in [0.25, 0.3) is 0 Å². The number of aryl methyl sites for hydroxylation is 1. The van der Waals surface area contributed by atoms with Crippen LogP contribution in [0.5, 0.6) is 0 Å². The van der Waals surface area contributed by atoms with Crippen LogP contribution in [0.1, 0.15) is 37.6 Å². The van der Waals surface area contributed by atoms with Crippen molar-refractivity contribution in [2.45, 2.75) is 33.1 Å². The first-order chi connectivity index (χ1) is 9.16. The Morgan fingerprint density at radius 3 is 2.74 bits per heavy atom. The second kappa shape index (κ2) is 6.61.